The number of H-pyrrole nitrogens is 1. The van der Waals surface area contributed by atoms with Crippen molar-refractivity contribution in [1.82, 2.24) is 4.98 Å². The van der Waals surface area contributed by atoms with Gasteiger partial charge in [-0.25, -0.2) is 0 Å². The lowest BCUT2D eigenvalue weighted by Crippen LogP contribution is -2.09. The molecular formula is C11H8F3NO. The highest BCUT2D eigenvalue weighted by Crippen LogP contribution is 2.33. The van der Waals surface area contributed by atoms with Gasteiger partial charge >= 0.3 is 6.18 Å². The third kappa shape index (κ3) is 1.68. The molecule has 0 saturated carbocycles. The fourth-order valence-corrected chi connectivity index (χ4v) is 1.63. The maximum atomic E-state index is 12.6. The summed E-state index contributed by atoms with van der Waals surface area (Å²) < 4.78 is 37.8. The third-order valence-corrected chi connectivity index (χ3v) is 2.41. The Balaban J connectivity index is 2.83. The molecule has 0 aliphatic rings. The summed E-state index contributed by atoms with van der Waals surface area (Å²) in [4.78, 5) is 14.0. The lowest BCUT2D eigenvalue weighted by molar-refractivity contribution is -0.137. The molecule has 0 aliphatic carbocycles. The van der Waals surface area contributed by atoms with E-state index in [1.165, 1.54) is 25.3 Å². The molecule has 1 aromatic carbocycles. The number of nitrogens with one attached hydrogen (secondary N) is 1. The summed E-state index contributed by atoms with van der Waals surface area (Å²) in [6, 6.07) is 3.51. The number of rotatable bonds is 0. The lowest BCUT2D eigenvalue weighted by Gasteiger charge is -2.10. The molecule has 2 aromatic rings. The van der Waals surface area contributed by atoms with Crippen molar-refractivity contribution in [2.75, 3.05) is 0 Å². The Morgan fingerprint density at radius 2 is 1.94 bits per heavy atom. The van der Waals surface area contributed by atoms with Crippen molar-refractivity contribution in [3.63, 3.8) is 0 Å². The van der Waals surface area contributed by atoms with Crippen LogP contribution in [-0.2, 0) is 6.18 Å². The molecule has 0 saturated heterocycles. The van der Waals surface area contributed by atoms with Gasteiger partial charge < -0.3 is 4.98 Å². The van der Waals surface area contributed by atoms with Crippen LogP contribution < -0.4 is 5.43 Å². The van der Waals surface area contributed by atoms with E-state index in [0.29, 0.717) is 0 Å². The van der Waals surface area contributed by atoms with E-state index in [4.69, 9.17) is 0 Å². The third-order valence-electron chi connectivity index (χ3n) is 2.41. The van der Waals surface area contributed by atoms with Gasteiger partial charge in [0.25, 0.3) is 0 Å². The van der Waals surface area contributed by atoms with Crippen LogP contribution >= 0.6 is 0 Å². The zero-order valence-electron chi connectivity index (χ0n) is 8.35. The minimum atomic E-state index is -4.40. The van der Waals surface area contributed by atoms with Gasteiger partial charge in [0.05, 0.1) is 5.56 Å². The Morgan fingerprint density at radius 3 is 2.56 bits per heavy atom. The molecule has 1 aromatic heterocycles. The number of aromatic amines is 1. The van der Waals surface area contributed by atoms with E-state index in [9.17, 15) is 18.0 Å². The molecule has 16 heavy (non-hydrogen) atoms. The summed E-state index contributed by atoms with van der Waals surface area (Å²) in [6.07, 6.45) is -3.06. The summed E-state index contributed by atoms with van der Waals surface area (Å²) in [5.74, 6) is 0. The van der Waals surface area contributed by atoms with Crippen molar-refractivity contribution >= 4 is 10.9 Å². The molecule has 0 bridgehead atoms. The maximum Gasteiger partial charge on any atom is 0.416 e. The minimum absolute atomic E-state index is 0.0525. The van der Waals surface area contributed by atoms with Crippen molar-refractivity contribution in [3.05, 3.63) is 45.7 Å². The van der Waals surface area contributed by atoms with E-state index in [1.807, 2.05) is 0 Å². The average Bonchev–Trinajstić information content (AvgIpc) is 2.17. The molecule has 0 unspecified atom stereocenters. The van der Waals surface area contributed by atoms with Crippen molar-refractivity contribution < 1.29 is 13.2 Å². The maximum absolute atomic E-state index is 12.6. The van der Waals surface area contributed by atoms with Gasteiger partial charge in [-0.2, -0.15) is 13.2 Å². The number of aromatic nitrogens is 1. The SMILES string of the molecule is Cc1cc2c(=O)cc[nH]c2cc1C(F)(F)F. The first-order valence-electron chi connectivity index (χ1n) is 4.59. The second kappa shape index (κ2) is 3.37. The Kier molecular flexibility index (Phi) is 2.26. The molecule has 84 valence electrons. The van der Waals surface area contributed by atoms with Gasteiger partial charge in [0.1, 0.15) is 0 Å². The van der Waals surface area contributed by atoms with Crippen molar-refractivity contribution in [3.8, 4) is 0 Å². The summed E-state index contributed by atoms with van der Waals surface area (Å²) in [6.45, 7) is 1.34. The first kappa shape index (κ1) is 10.7. The predicted molar refractivity (Wildman–Crippen MR) is 54.3 cm³/mol. The quantitative estimate of drug-likeness (QED) is 0.737. The normalized spacial score (nSPS) is 12.0. The monoisotopic (exact) mass is 227 g/mol. The van der Waals surface area contributed by atoms with Crippen LogP contribution in [0.2, 0.25) is 0 Å². The molecule has 0 spiro atoms. The van der Waals surface area contributed by atoms with E-state index >= 15 is 0 Å². The number of pyridine rings is 1. The second-order valence-corrected chi connectivity index (χ2v) is 3.55. The molecule has 2 nitrogen and oxygen atoms in total. The number of benzene rings is 1. The van der Waals surface area contributed by atoms with Gasteiger partial charge in [-0.3, -0.25) is 4.79 Å². The second-order valence-electron chi connectivity index (χ2n) is 3.55. The summed E-state index contributed by atoms with van der Waals surface area (Å²) in [5, 5.41) is 0.271. The van der Waals surface area contributed by atoms with Crippen LogP contribution in [0.3, 0.4) is 0 Å². The summed E-state index contributed by atoms with van der Waals surface area (Å²) in [5.41, 5.74) is -0.755. The van der Waals surface area contributed by atoms with E-state index < -0.39 is 11.7 Å². The molecule has 1 heterocycles. The summed E-state index contributed by atoms with van der Waals surface area (Å²) in [7, 11) is 0. The van der Waals surface area contributed by atoms with Crippen LogP contribution in [-0.4, -0.2) is 4.98 Å². The Labute approximate surface area is 88.7 Å². The number of hydrogen-bond donors (Lipinski definition) is 1. The first-order chi connectivity index (χ1) is 7.39. The Morgan fingerprint density at radius 1 is 1.25 bits per heavy atom. The van der Waals surface area contributed by atoms with Crippen molar-refractivity contribution in [2.24, 2.45) is 0 Å². The zero-order chi connectivity index (χ0) is 11.9. The van der Waals surface area contributed by atoms with E-state index in [2.05, 4.69) is 4.98 Å². The largest absolute Gasteiger partial charge is 0.416 e. The van der Waals surface area contributed by atoms with Crippen LogP contribution in [0.1, 0.15) is 11.1 Å². The van der Waals surface area contributed by atoms with Gasteiger partial charge in [-0.05, 0) is 24.6 Å². The number of halogens is 3. The Bertz CT molecular complexity index is 598. The van der Waals surface area contributed by atoms with Gasteiger partial charge in [-0.1, -0.05) is 0 Å². The van der Waals surface area contributed by atoms with Crippen molar-refractivity contribution in [2.45, 2.75) is 13.1 Å². The number of fused-ring (bicyclic) bond motifs is 1. The van der Waals surface area contributed by atoms with Crippen LogP contribution in [0.15, 0.2) is 29.2 Å². The lowest BCUT2D eigenvalue weighted by atomic mass is 10.0. The number of hydrogen-bond acceptors (Lipinski definition) is 1. The van der Waals surface area contributed by atoms with E-state index in [0.717, 1.165) is 6.07 Å². The molecule has 0 radical (unpaired) electrons. The Hall–Kier alpha value is -1.78. The molecular weight excluding hydrogens is 219 g/mol. The van der Waals surface area contributed by atoms with E-state index in [1.54, 1.807) is 0 Å². The zero-order valence-corrected chi connectivity index (χ0v) is 8.35. The molecule has 0 amide bonds. The molecule has 5 heteroatoms. The molecule has 2 rings (SSSR count). The minimum Gasteiger partial charge on any atom is -0.361 e. The van der Waals surface area contributed by atoms with Gasteiger partial charge in [0.2, 0.25) is 0 Å². The molecule has 0 atom stereocenters. The molecule has 0 aliphatic heterocycles. The highest BCUT2D eigenvalue weighted by molar-refractivity contribution is 5.80. The summed E-state index contributed by atoms with van der Waals surface area (Å²) >= 11 is 0. The topological polar surface area (TPSA) is 32.9 Å². The van der Waals surface area contributed by atoms with Gasteiger partial charge in [0, 0.05) is 23.2 Å². The molecule has 1 N–H and O–H groups in total. The van der Waals surface area contributed by atoms with Crippen LogP contribution in [0, 0.1) is 6.92 Å². The van der Waals surface area contributed by atoms with Gasteiger partial charge in [-0.15, -0.1) is 0 Å². The number of alkyl halides is 3. The van der Waals surface area contributed by atoms with Crippen molar-refractivity contribution in [1.29, 1.82) is 0 Å². The van der Waals surface area contributed by atoms with Crippen LogP contribution in [0.4, 0.5) is 13.2 Å². The number of aryl methyl sites for hydroxylation is 1. The van der Waals surface area contributed by atoms with Gasteiger partial charge in [0.15, 0.2) is 5.43 Å². The molecule has 0 fully saturated rings. The van der Waals surface area contributed by atoms with Crippen LogP contribution in [0.25, 0.3) is 10.9 Å². The standard InChI is InChI=1S/C11H8F3NO/c1-6-4-7-9(15-3-2-10(7)16)5-8(6)11(12,13)14/h2-5H,1H3,(H,15,16). The van der Waals surface area contributed by atoms with Crippen LogP contribution in [0.5, 0.6) is 0 Å². The highest BCUT2D eigenvalue weighted by Gasteiger charge is 2.32. The fourth-order valence-electron chi connectivity index (χ4n) is 1.63. The van der Waals surface area contributed by atoms with E-state index in [-0.39, 0.29) is 21.9 Å². The smallest absolute Gasteiger partial charge is 0.361 e. The highest BCUT2D eigenvalue weighted by atomic mass is 19.4. The predicted octanol–water partition coefficient (Wildman–Crippen LogP) is 2.86. The first-order valence-corrected chi connectivity index (χ1v) is 4.59. The average molecular weight is 227 g/mol. The fraction of sp³-hybridized carbons (Fsp3) is 0.182.